The van der Waals surface area contributed by atoms with Crippen LogP contribution < -0.4 is 0 Å². The molecule has 2 aliphatic rings. The third-order valence-electron chi connectivity index (χ3n) is 4.90. The van der Waals surface area contributed by atoms with Gasteiger partial charge in [-0.25, -0.2) is 0 Å². The summed E-state index contributed by atoms with van der Waals surface area (Å²) in [6, 6.07) is 19.4. The Morgan fingerprint density at radius 2 is 1.70 bits per heavy atom. The summed E-state index contributed by atoms with van der Waals surface area (Å²) >= 11 is 0. The molecule has 27 heavy (non-hydrogen) atoms. The van der Waals surface area contributed by atoms with Crippen LogP contribution in [0.1, 0.15) is 17.4 Å². The van der Waals surface area contributed by atoms with Crippen LogP contribution in [0.25, 0.3) is 0 Å². The quantitative estimate of drug-likeness (QED) is 0.870. The molecule has 0 amide bonds. The first-order chi connectivity index (χ1) is 13.3. The van der Waals surface area contributed by atoms with Crippen LogP contribution in [0.5, 0.6) is 0 Å². The van der Waals surface area contributed by atoms with Gasteiger partial charge in [-0.05, 0) is 5.56 Å². The molecular weight excluding hydrogens is 348 g/mol. The topological polar surface area (TPSA) is 66.4 Å². The van der Waals surface area contributed by atoms with E-state index in [1.165, 1.54) is 7.11 Å². The van der Waals surface area contributed by atoms with E-state index in [9.17, 15) is 5.11 Å². The molecule has 1 N–H and O–H groups in total. The first kappa shape index (κ1) is 18.6. The zero-order valence-corrected chi connectivity index (χ0v) is 15.1. The summed E-state index contributed by atoms with van der Waals surface area (Å²) in [7, 11) is 1.54. The van der Waals surface area contributed by atoms with Crippen molar-refractivity contribution in [1.29, 1.82) is 0 Å². The van der Waals surface area contributed by atoms with Gasteiger partial charge in [0.25, 0.3) is 0 Å². The molecule has 0 bridgehead atoms. The third kappa shape index (κ3) is 4.06. The summed E-state index contributed by atoms with van der Waals surface area (Å²) in [5.74, 6) is 0. The van der Waals surface area contributed by atoms with Gasteiger partial charge in [-0.3, -0.25) is 0 Å². The Bertz CT molecular complexity index is 703. The lowest BCUT2D eigenvalue weighted by molar-refractivity contribution is -0.363. The second kappa shape index (κ2) is 8.48. The molecule has 2 fully saturated rings. The highest BCUT2D eigenvalue weighted by Gasteiger charge is 2.50. The van der Waals surface area contributed by atoms with E-state index in [4.69, 9.17) is 23.7 Å². The SMILES string of the molecule is CO[C@H]1O[C@@H]2COC(c3ccccc3)O[C@H]2[C@@H](O)[C@@H]1OCc1ccccc1. The maximum Gasteiger partial charge on any atom is 0.186 e. The average Bonchev–Trinajstić information content (AvgIpc) is 2.74. The van der Waals surface area contributed by atoms with Gasteiger partial charge in [0.15, 0.2) is 12.6 Å². The fraction of sp³-hybridized carbons (Fsp3) is 0.429. The highest BCUT2D eigenvalue weighted by molar-refractivity contribution is 5.17. The number of ether oxygens (including phenoxy) is 5. The van der Waals surface area contributed by atoms with E-state index < -0.39 is 37.0 Å². The average molecular weight is 372 g/mol. The molecule has 144 valence electrons. The van der Waals surface area contributed by atoms with E-state index in [1.54, 1.807) is 0 Å². The minimum atomic E-state index is -0.896. The molecule has 4 rings (SSSR count). The zero-order chi connectivity index (χ0) is 18.6. The molecule has 6 atom stereocenters. The van der Waals surface area contributed by atoms with Crippen molar-refractivity contribution in [2.45, 2.75) is 43.6 Å². The number of rotatable bonds is 5. The van der Waals surface area contributed by atoms with Crippen molar-refractivity contribution >= 4 is 0 Å². The van der Waals surface area contributed by atoms with Crippen molar-refractivity contribution in [1.82, 2.24) is 0 Å². The zero-order valence-electron chi connectivity index (χ0n) is 15.1. The molecule has 2 saturated heterocycles. The van der Waals surface area contributed by atoms with Gasteiger partial charge in [0.1, 0.15) is 24.4 Å². The molecule has 6 nitrogen and oxygen atoms in total. The predicted molar refractivity (Wildman–Crippen MR) is 96.7 cm³/mol. The van der Waals surface area contributed by atoms with E-state index in [0.29, 0.717) is 13.2 Å². The van der Waals surface area contributed by atoms with Crippen LogP contribution in [0, 0.1) is 0 Å². The molecule has 2 heterocycles. The second-order valence-electron chi connectivity index (χ2n) is 6.71. The van der Waals surface area contributed by atoms with Gasteiger partial charge in [0.05, 0.1) is 13.2 Å². The number of methoxy groups -OCH3 is 1. The molecule has 0 radical (unpaired) electrons. The minimum absolute atomic E-state index is 0.312. The molecule has 6 heteroatoms. The lowest BCUT2D eigenvalue weighted by Gasteiger charge is -2.47. The third-order valence-corrected chi connectivity index (χ3v) is 4.90. The lowest BCUT2D eigenvalue weighted by atomic mass is 9.97. The van der Waals surface area contributed by atoms with Crippen LogP contribution >= 0.6 is 0 Å². The summed E-state index contributed by atoms with van der Waals surface area (Å²) in [5.41, 5.74) is 1.91. The number of aliphatic hydroxyl groups is 1. The molecule has 0 aromatic heterocycles. The summed E-state index contributed by atoms with van der Waals surface area (Å²) in [6.07, 6.45) is -3.76. The molecule has 0 aliphatic carbocycles. The van der Waals surface area contributed by atoms with Crippen molar-refractivity contribution in [3.05, 3.63) is 71.8 Å². The first-order valence-corrected chi connectivity index (χ1v) is 9.10. The monoisotopic (exact) mass is 372 g/mol. The standard InChI is InChI=1S/C21H24O6/c1-23-21-19(24-12-14-8-4-2-5-9-14)17(22)18-16(26-21)13-25-20(27-18)15-10-6-3-7-11-15/h2-11,16-22H,12-13H2,1H3/t16-,17-,18-,19+,20?,21+/m1/s1. The van der Waals surface area contributed by atoms with E-state index in [-0.39, 0.29) is 0 Å². The second-order valence-corrected chi connectivity index (χ2v) is 6.71. The van der Waals surface area contributed by atoms with Gasteiger partial charge >= 0.3 is 0 Å². The maximum atomic E-state index is 10.9. The Hall–Kier alpha value is -1.80. The normalized spacial score (nSPS) is 33.4. The van der Waals surface area contributed by atoms with Crippen molar-refractivity contribution < 1.29 is 28.8 Å². The van der Waals surface area contributed by atoms with Gasteiger partial charge < -0.3 is 28.8 Å². The first-order valence-electron chi connectivity index (χ1n) is 9.10. The van der Waals surface area contributed by atoms with E-state index in [2.05, 4.69) is 0 Å². The Morgan fingerprint density at radius 1 is 1.00 bits per heavy atom. The minimum Gasteiger partial charge on any atom is -0.387 e. The van der Waals surface area contributed by atoms with Crippen LogP contribution in [0.4, 0.5) is 0 Å². The molecule has 2 aromatic carbocycles. The van der Waals surface area contributed by atoms with Crippen molar-refractivity contribution in [3.8, 4) is 0 Å². The van der Waals surface area contributed by atoms with Crippen LogP contribution in [-0.2, 0) is 30.3 Å². The van der Waals surface area contributed by atoms with Gasteiger partial charge in [-0.2, -0.15) is 0 Å². The number of hydrogen-bond donors (Lipinski definition) is 1. The Kier molecular flexibility index (Phi) is 5.83. The molecule has 0 spiro atoms. The molecule has 1 unspecified atom stereocenters. The van der Waals surface area contributed by atoms with Gasteiger partial charge in [-0.1, -0.05) is 60.7 Å². The lowest BCUT2D eigenvalue weighted by Crippen LogP contribution is -2.62. The number of hydrogen-bond acceptors (Lipinski definition) is 6. The van der Waals surface area contributed by atoms with Crippen LogP contribution in [-0.4, -0.2) is 49.5 Å². The highest BCUT2D eigenvalue weighted by Crippen LogP contribution is 2.35. The van der Waals surface area contributed by atoms with Crippen molar-refractivity contribution in [3.63, 3.8) is 0 Å². The fourth-order valence-electron chi connectivity index (χ4n) is 3.48. The number of aliphatic hydroxyl groups excluding tert-OH is 1. The largest absolute Gasteiger partial charge is 0.387 e. The predicted octanol–water partition coefficient (Wildman–Crippen LogP) is 2.42. The van der Waals surface area contributed by atoms with Crippen molar-refractivity contribution in [2.75, 3.05) is 13.7 Å². The molecule has 0 saturated carbocycles. The van der Waals surface area contributed by atoms with E-state index >= 15 is 0 Å². The number of fused-ring (bicyclic) bond motifs is 1. The molecular formula is C21H24O6. The Morgan fingerprint density at radius 3 is 2.41 bits per heavy atom. The van der Waals surface area contributed by atoms with Crippen LogP contribution in [0.3, 0.4) is 0 Å². The highest BCUT2D eigenvalue weighted by atomic mass is 16.8. The van der Waals surface area contributed by atoms with E-state index in [0.717, 1.165) is 11.1 Å². The summed E-state index contributed by atoms with van der Waals surface area (Å²) in [6.45, 7) is 0.661. The molecule has 2 aliphatic heterocycles. The van der Waals surface area contributed by atoms with Crippen molar-refractivity contribution in [2.24, 2.45) is 0 Å². The number of benzene rings is 2. The fourth-order valence-corrected chi connectivity index (χ4v) is 3.48. The Labute approximate surface area is 158 Å². The molecule has 2 aromatic rings. The van der Waals surface area contributed by atoms with Gasteiger partial charge in [0, 0.05) is 12.7 Å². The summed E-state index contributed by atoms with van der Waals surface area (Å²) < 4.78 is 29.1. The van der Waals surface area contributed by atoms with Crippen LogP contribution in [0.2, 0.25) is 0 Å². The summed E-state index contributed by atoms with van der Waals surface area (Å²) in [5, 5.41) is 10.9. The van der Waals surface area contributed by atoms with E-state index in [1.807, 2.05) is 60.7 Å². The van der Waals surface area contributed by atoms with Gasteiger partial charge in [0.2, 0.25) is 0 Å². The maximum absolute atomic E-state index is 10.9. The summed E-state index contributed by atoms with van der Waals surface area (Å²) in [4.78, 5) is 0. The van der Waals surface area contributed by atoms with Crippen LogP contribution in [0.15, 0.2) is 60.7 Å². The smallest absolute Gasteiger partial charge is 0.186 e. The Balaban J connectivity index is 1.46. The van der Waals surface area contributed by atoms with Gasteiger partial charge in [-0.15, -0.1) is 0 Å².